The summed E-state index contributed by atoms with van der Waals surface area (Å²) in [4.78, 5) is 23.8. The number of halogens is 1. The van der Waals surface area contributed by atoms with Gasteiger partial charge in [0.25, 0.3) is 0 Å². The molecule has 31 heavy (non-hydrogen) atoms. The van der Waals surface area contributed by atoms with Crippen LogP contribution in [-0.4, -0.2) is 42.2 Å². The SMILES string of the molecule is CCCC(C)(C(=O)Nc1ccc(N2CCOCC2)c(C)c1)c1nc2ccc(Cl)cc2[nH]1. The Balaban J connectivity index is 1.58. The third-order valence-electron chi connectivity index (χ3n) is 6.02. The predicted molar refractivity (Wildman–Crippen MR) is 126 cm³/mol. The number of aryl methyl sites for hydroxylation is 1. The van der Waals surface area contributed by atoms with Crippen molar-refractivity contribution in [3.05, 3.63) is 52.8 Å². The van der Waals surface area contributed by atoms with Crippen molar-refractivity contribution in [2.45, 2.75) is 39.0 Å². The lowest BCUT2D eigenvalue weighted by Gasteiger charge is -2.30. The molecule has 3 aromatic rings. The number of ether oxygens (including phenoxy) is 1. The van der Waals surface area contributed by atoms with Gasteiger partial charge in [-0.15, -0.1) is 0 Å². The molecule has 7 heteroatoms. The van der Waals surface area contributed by atoms with Crippen LogP contribution in [0.5, 0.6) is 0 Å². The van der Waals surface area contributed by atoms with E-state index in [0.717, 1.165) is 55.0 Å². The highest BCUT2D eigenvalue weighted by Gasteiger charge is 2.37. The molecule has 0 saturated carbocycles. The first-order chi connectivity index (χ1) is 14.9. The van der Waals surface area contributed by atoms with Gasteiger partial charge in [-0.25, -0.2) is 4.98 Å². The van der Waals surface area contributed by atoms with E-state index in [0.29, 0.717) is 17.3 Å². The molecule has 1 aliphatic rings. The number of hydrogen-bond acceptors (Lipinski definition) is 4. The summed E-state index contributed by atoms with van der Waals surface area (Å²) in [6.45, 7) is 9.36. The van der Waals surface area contributed by atoms with Crippen LogP contribution >= 0.6 is 11.6 Å². The summed E-state index contributed by atoms with van der Waals surface area (Å²) >= 11 is 6.12. The van der Waals surface area contributed by atoms with Gasteiger partial charge in [0.2, 0.25) is 5.91 Å². The summed E-state index contributed by atoms with van der Waals surface area (Å²) in [7, 11) is 0. The third kappa shape index (κ3) is 4.41. The van der Waals surface area contributed by atoms with Crippen LogP contribution in [0.4, 0.5) is 11.4 Å². The molecule has 164 valence electrons. The Morgan fingerprint density at radius 3 is 2.74 bits per heavy atom. The van der Waals surface area contributed by atoms with Crippen LogP contribution < -0.4 is 10.2 Å². The van der Waals surface area contributed by atoms with Crippen LogP contribution in [0.3, 0.4) is 0 Å². The van der Waals surface area contributed by atoms with Crippen LogP contribution in [0.15, 0.2) is 36.4 Å². The second-order valence-electron chi connectivity index (χ2n) is 8.38. The number of morpholine rings is 1. The van der Waals surface area contributed by atoms with Crippen LogP contribution in [0, 0.1) is 6.92 Å². The number of rotatable bonds is 6. The zero-order chi connectivity index (χ0) is 22.0. The Labute approximate surface area is 187 Å². The molecule has 0 aliphatic carbocycles. The van der Waals surface area contributed by atoms with Gasteiger partial charge in [-0.1, -0.05) is 24.9 Å². The highest BCUT2D eigenvalue weighted by molar-refractivity contribution is 6.31. The lowest BCUT2D eigenvalue weighted by molar-refractivity contribution is -0.121. The van der Waals surface area contributed by atoms with Gasteiger partial charge in [-0.05, 0) is 62.2 Å². The number of anilines is 2. The summed E-state index contributed by atoms with van der Waals surface area (Å²) in [5.41, 5.74) is 3.98. The number of amides is 1. The molecule has 6 nitrogen and oxygen atoms in total. The van der Waals surface area contributed by atoms with Crippen LogP contribution in [-0.2, 0) is 14.9 Å². The molecule has 2 aromatic carbocycles. The van der Waals surface area contributed by atoms with Gasteiger partial charge in [-0.3, -0.25) is 4.79 Å². The van der Waals surface area contributed by atoms with E-state index in [2.05, 4.69) is 35.1 Å². The quantitative estimate of drug-likeness (QED) is 0.562. The van der Waals surface area contributed by atoms with Crippen LogP contribution in [0.2, 0.25) is 5.02 Å². The van der Waals surface area contributed by atoms with E-state index in [1.807, 2.05) is 37.3 Å². The smallest absolute Gasteiger partial charge is 0.237 e. The molecular weight excluding hydrogens is 412 g/mol. The Kier molecular flexibility index (Phi) is 6.21. The van der Waals surface area contributed by atoms with Crippen LogP contribution in [0.25, 0.3) is 11.0 Å². The number of hydrogen-bond donors (Lipinski definition) is 2. The number of fused-ring (bicyclic) bond motifs is 1. The zero-order valence-electron chi connectivity index (χ0n) is 18.3. The minimum absolute atomic E-state index is 0.0713. The number of H-pyrrole nitrogens is 1. The van der Waals surface area contributed by atoms with Gasteiger partial charge in [0.1, 0.15) is 11.2 Å². The van der Waals surface area contributed by atoms with Crippen molar-refractivity contribution < 1.29 is 9.53 Å². The summed E-state index contributed by atoms with van der Waals surface area (Å²) < 4.78 is 5.45. The average Bonchev–Trinajstić information content (AvgIpc) is 3.18. The van der Waals surface area contributed by atoms with Crippen molar-refractivity contribution >= 4 is 39.9 Å². The van der Waals surface area contributed by atoms with Gasteiger partial charge < -0.3 is 19.9 Å². The normalized spacial score (nSPS) is 16.3. The van der Waals surface area contributed by atoms with Crippen molar-refractivity contribution in [2.75, 3.05) is 36.5 Å². The van der Waals surface area contributed by atoms with E-state index in [1.165, 1.54) is 5.69 Å². The van der Waals surface area contributed by atoms with Gasteiger partial charge in [0.05, 0.1) is 24.2 Å². The van der Waals surface area contributed by atoms with Gasteiger partial charge in [0.15, 0.2) is 0 Å². The standard InChI is InChI=1S/C24H29ClN4O2/c1-4-9-24(3,22-27-19-7-5-17(25)15-20(19)28-22)23(30)26-18-6-8-21(16(2)14-18)29-10-12-31-13-11-29/h5-8,14-15H,4,9-13H2,1-3H3,(H,26,30)(H,27,28). The molecule has 1 aromatic heterocycles. The fourth-order valence-corrected chi connectivity index (χ4v) is 4.42. The molecule has 4 rings (SSSR count). The Morgan fingerprint density at radius 2 is 2.03 bits per heavy atom. The molecule has 1 aliphatic heterocycles. The molecule has 0 spiro atoms. The van der Waals surface area contributed by atoms with Crippen molar-refractivity contribution in [3.8, 4) is 0 Å². The minimum atomic E-state index is -0.781. The lowest BCUT2D eigenvalue weighted by Crippen LogP contribution is -2.39. The molecule has 0 bridgehead atoms. The number of imidazole rings is 1. The summed E-state index contributed by atoms with van der Waals surface area (Å²) in [5, 5.41) is 3.76. The van der Waals surface area contributed by atoms with Crippen molar-refractivity contribution in [1.82, 2.24) is 9.97 Å². The number of benzene rings is 2. The first-order valence-corrected chi connectivity index (χ1v) is 11.2. The Bertz CT molecular complexity index is 1090. The van der Waals surface area contributed by atoms with Crippen LogP contribution in [0.1, 0.15) is 38.1 Å². The molecule has 1 amide bonds. The molecule has 1 saturated heterocycles. The van der Waals surface area contributed by atoms with Gasteiger partial charge in [-0.2, -0.15) is 0 Å². The second kappa shape index (κ2) is 8.89. The van der Waals surface area contributed by atoms with E-state index in [9.17, 15) is 4.79 Å². The average molecular weight is 441 g/mol. The molecular formula is C24H29ClN4O2. The molecule has 1 atom stereocenters. The van der Waals surface area contributed by atoms with Crippen molar-refractivity contribution in [1.29, 1.82) is 0 Å². The van der Waals surface area contributed by atoms with E-state index < -0.39 is 5.41 Å². The first-order valence-electron chi connectivity index (χ1n) is 10.8. The number of carbonyl (C=O) groups excluding carboxylic acids is 1. The molecule has 0 radical (unpaired) electrons. The fourth-order valence-electron chi connectivity index (χ4n) is 4.24. The van der Waals surface area contributed by atoms with Gasteiger partial charge >= 0.3 is 0 Å². The second-order valence-corrected chi connectivity index (χ2v) is 8.82. The van der Waals surface area contributed by atoms with Crippen molar-refractivity contribution in [2.24, 2.45) is 0 Å². The zero-order valence-corrected chi connectivity index (χ0v) is 19.1. The molecule has 2 heterocycles. The molecule has 1 unspecified atom stereocenters. The first kappa shape index (κ1) is 21.7. The monoisotopic (exact) mass is 440 g/mol. The maximum atomic E-state index is 13.4. The van der Waals surface area contributed by atoms with Crippen molar-refractivity contribution in [3.63, 3.8) is 0 Å². The Morgan fingerprint density at radius 1 is 1.26 bits per heavy atom. The predicted octanol–water partition coefficient (Wildman–Crippen LogP) is 5.06. The summed E-state index contributed by atoms with van der Waals surface area (Å²) in [6.07, 6.45) is 1.54. The lowest BCUT2D eigenvalue weighted by atomic mass is 9.83. The largest absolute Gasteiger partial charge is 0.378 e. The van der Waals surface area contributed by atoms with E-state index in [-0.39, 0.29) is 5.91 Å². The fraction of sp³-hybridized carbons (Fsp3) is 0.417. The molecule has 2 N–H and O–H groups in total. The highest BCUT2D eigenvalue weighted by Crippen LogP contribution is 2.32. The number of aromatic amines is 1. The summed E-state index contributed by atoms with van der Waals surface area (Å²) in [5.74, 6) is 0.587. The number of nitrogens with zero attached hydrogens (tertiary/aromatic N) is 2. The third-order valence-corrected chi connectivity index (χ3v) is 6.26. The van der Waals surface area contributed by atoms with E-state index >= 15 is 0 Å². The number of carbonyl (C=O) groups is 1. The number of aromatic nitrogens is 2. The molecule has 1 fully saturated rings. The van der Waals surface area contributed by atoms with E-state index in [1.54, 1.807) is 0 Å². The maximum Gasteiger partial charge on any atom is 0.237 e. The topological polar surface area (TPSA) is 70.2 Å². The minimum Gasteiger partial charge on any atom is -0.378 e. The summed E-state index contributed by atoms with van der Waals surface area (Å²) in [6, 6.07) is 11.6. The number of nitrogens with one attached hydrogen (secondary N) is 2. The highest BCUT2D eigenvalue weighted by atomic mass is 35.5. The maximum absolute atomic E-state index is 13.4. The Hall–Kier alpha value is -2.57. The van der Waals surface area contributed by atoms with E-state index in [4.69, 9.17) is 21.3 Å². The van der Waals surface area contributed by atoms with Gasteiger partial charge in [0, 0.05) is 29.5 Å².